The zero-order valence-electron chi connectivity index (χ0n) is 18.3. The Bertz CT molecular complexity index is 901. The summed E-state index contributed by atoms with van der Waals surface area (Å²) < 4.78 is 14.0. The third-order valence-electron chi connectivity index (χ3n) is 5.54. The van der Waals surface area contributed by atoms with Crippen molar-refractivity contribution in [2.75, 3.05) is 16.0 Å². The molecule has 31 heavy (non-hydrogen) atoms. The number of carbonyl (C=O) groups is 2. The van der Waals surface area contributed by atoms with Gasteiger partial charge in [-0.15, -0.1) is 11.8 Å². The van der Waals surface area contributed by atoms with Crippen molar-refractivity contribution in [3.8, 4) is 0 Å². The zero-order chi connectivity index (χ0) is 22.2. The third kappa shape index (κ3) is 6.33. The minimum Gasteiger partial charge on any atom is -0.326 e. The lowest BCUT2D eigenvalue weighted by molar-refractivity contribution is -0.116. The van der Waals surface area contributed by atoms with Gasteiger partial charge in [0.25, 0.3) is 0 Å². The molecule has 0 aromatic heterocycles. The van der Waals surface area contributed by atoms with Crippen LogP contribution in [0.3, 0.4) is 0 Å². The summed E-state index contributed by atoms with van der Waals surface area (Å²) in [6.45, 7) is 3.90. The topological polar surface area (TPSA) is 49.4 Å². The molecule has 1 heterocycles. The van der Waals surface area contributed by atoms with Crippen molar-refractivity contribution in [3.63, 3.8) is 0 Å². The van der Waals surface area contributed by atoms with Gasteiger partial charge in [0.2, 0.25) is 11.8 Å². The molecule has 166 valence electrons. The van der Waals surface area contributed by atoms with E-state index in [2.05, 4.69) is 12.2 Å². The van der Waals surface area contributed by atoms with Crippen LogP contribution >= 0.6 is 11.8 Å². The summed E-state index contributed by atoms with van der Waals surface area (Å²) in [5, 5.41) is 2.75. The predicted molar refractivity (Wildman–Crippen MR) is 127 cm³/mol. The Morgan fingerprint density at radius 2 is 1.81 bits per heavy atom. The Morgan fingerprint density at radius 1 is 1.10 bits per heavy atom. The molecule has 0 radical (unpaired) electrons. The SMILES string of the molecule is CCCCCCCCC(=O)Nc1ccc(C2SCC(=O)N2c2ccc(C)c(F)c2)cc1. The largest absolute Gasteiger partial charge is 0.326 e. The first-order chi connectivity index (χ1) is 15.0. The number of thioether (sulfide) groups is 1. The molecule has 0 bridgehead atoms. The second-order valence-electron chi connectivity index (χ2n) is 8.05. The minimum atomic E-state index is -0.315. The van der Waals surface area contributed by atoms with Gasteiger partial charge in [-0.25, -0.2) is 4.39 Å². The van der Waals surface area contributed by atoms with E-state index < -0.39 is 0 Å². The summed E-state index contributed by atoms with van der Waals surface area (Å²) >= 11 is 1.52. The van der Waals surface area contributed by atoms with E-state index >= 15 is 0 Å². The molecule has 0 saturated carbocycles. The molecule has 6 heteroatoms. The van der Waals surface area contributed by atoms with Gasteiger partial charge in [-0.05, 0) is 48.7 Å². The number of hydrogen-bond donors (Lipinski definition) is 1. The van der Waals surface area contributed by atoms with Crippen LogP contribution in [0.4, 0.5) is 15.8 Å². The molecule has 1 aliphatic rings. The van der Waals surface area contributed by atoms with Gasteiger partial charge in [0.15, 0.2) is 0 Å². The fourth-order valence-corrected chi connectivity index (χ4v) is 4.88. The first-order valence-corrected chi connectivity index (χ1v) is 12.1. The Morgan fingerprint density at radius 3 is 2.52 bits per heavy atom. The number of anilines is 2. The number of nitrogens with zero attached hydrogens (tertiary/aromatic N) is 1. The molecule has 1 saturated heterocycles. The van der Waals surface area contributed by atoms with Crippen LogP contribution in [-0.2, 0) is 9.59 Å². The molecular weight excluding hydrogens is 411 g/mol. The number of hydrogen-bond acceptors (Lipinski definition) is 3. The maximum Gasteiger partial charge on any atom is 0.238 e. The van der Waals surface area contributed by atoms with E-state index in [1.807, 2.05) is 24.3 Å². The molecule has 1 atom stereocenters. The average Bonchev–Trinajstić information content (AvgIpc) is 3.14. The summed E-state index contributed by atoms with van der Waals surface area (Å²) in [5.74, 6) is 0.0426. The maximum absolute atomic E-state index is 14.0. The minimum absolute atomic E-state index is 0.0328. The lowest BCUT2D eigenvalue weighted by Crippen LogP contribution is -2.28. The Hall–Kier alpha value is -2.34. The van der Waals surface area contributed by atoms with Crippen LogP contribution in [0.5, 0.6) is 0 Å². The molecule has 2 aromatic rings. The van der Waals surface area contributed by atoms with Crippen molar-refractivity contribution in [1.29, 1.82) is 0 Å². The Labute approximate surface area is 188 Å². The van der Waals surface area contributed by atoms with Crippen LogP contribution in [0.2, 0.25) is 0 Å². The molecule has 1 unspecified atom stereocenters. The predicted octanol–water partition coefficient (Wildman–Crippen LogP) is 6.60. The van der Waals surface area contributed by atoms with Gasteiger partial charge in [-0.3, -0.25) is 14.5 Å². The highest BCUT2D eigenvalue weighted by Gasteiger charge is 2.34. The highest BCUT2D eigenvalue weighted by atomic mass is 32.2. The number of benzene rings is 2. The van der Waals surface area contributed by atoms with Crippen molar-refractivity contribution in [1.82, 2.24) is 0 Å². The summed E-state index contributed by atoms with van der Waals surface area (Å²) in [6.07, 6.45) is 7.46. The normalized spacial score (nSPS) is 16.0. The standard InChI is InChI=1S/C25H31FN2O2S/c1-3-4-5-6-7-8-9-23(29)27-20-13-11-19(12-14-20)25-28(24(30)17-31-25)21-15-10-18(2)22(26)16-21/h10-16,25H,3-9,17H2,1-2H3,(H,27,29). The number of nitrogens with one attached hydrogen (secondary N) is 1. The Balaban J connectivity index is 1.58. The van der Waals surface area contributed by atoms with Crippen molar-refractivity contribution < 1.29 is 14.0 Å². The van der Waals surface area contributed by atoms with Crippen molar-refractivity contribution >= 4 is 35.0 Å². The number of aryl methyl sites for hydroxylation is 1. The maximum atomic E-state index is 14.0. The second kappa shape index (κ2) is 11.3. The monoisotopic (exact) mass is 442 g/mol. The quantitative estimate of drug-likeness (QED) is 0.422. The van der Waals surface area contributed by atoms with E-state index in [1.54, 1.807) is 24.0 Å². The zero-order valence-corrected chi connectivity index (χ0v) is 19.1. The smallest absolute Gasteiger partial charge is 0.238 e. The number of rotatable bonds is 10. The van der Waals surface area contributed by atoms with Gasteiger partial charge in [0.1, 0.15) is 11.2 Å². The van der Waals surface area contributed by atoms with E-state index in [0.29, 0.717) is 23.4 Å². The van der Waals surface area contributed by atoms with Crippen LogP contribution in [0.1, 0.15) is 68.4 Å². The lowest BCUT2D eigenvalue weighted by Gasteiger charge is -2.25. The first-order valence-electron chi connectivity index (χ1n) is 11.1. The van der Waals surface area contributed by atoms with E-state index in [9.17, 15) is 14.0 Å². The molecule has 4 nitrogen and oxygen atoms in total. The fourth-order valence-electron chi connectivity index (χ4n) is 3.70. The van der Waals surface area contributed by atoms with Gasteiger partial charge in [-0.2, -0.15) is 0 Å². The number of unbranched alkanes of at least 4 members (excludes halogenated alkanes) is 5. The molecule has 1 N–H and O–H groups in total. The van der Waals surface area contributed by atoms with Crippen LogP contribution < -0.4 is 10.2 Å². The van der Waals surface area contributed by atoms with Gasteiger partial charge < -0.3 is 5.32 Å². The van der Waals surface area contributed by atoms with Gasteiger partial charge >= 0.3 is 0 Å². The molecule has 2 aromatic carbocycles. The summed E-state index contributed by atoms with van der Waals surface area (Å²) in [6, 6.07) is 12.5. The van der Waals surface area contributed by atoms with E-state index in [0.717, 1.165) is 24.1 Å². The molecule has 3 rings (SSSR count). The van der Waals surface area contributed by atoms with Crippen LogP contribution in [0.25, 0.3) is 0 Å². The summed E-state index contributed by atoms with van der Waals surface area (Å²) in [5.41, 5.74) is 2.83. The van der Waals surface area contributed by atoms with Gasteiger partial charge in [0, 0.05) is 17.8 Å². The lowest BCUT2D eigenvalue weighted by atomic mass is 10.1. The van der Waals surface area contributed by atoms with Gasteiger partial charge in [0.05, 0.1) is 5.75 Å². The third-order valence-corrected chi connectivity index (χ3v) is 6.75. The number of carbonyl (C=O) groups excluding carboxylic acids is 2. The molecule has 1 fully saturated rings. The van der Waals surface area contributed by atoms with E-state index in [-0.39, 0.29) is 23.0 Å². The van der Waals surface area contributed by atoms with Crippen molar-refractivity contribution in [2.45, 2.75) is 64.2 Å². The molecule has 2 amide bonds. The summed E-state index contributed by atoms with van der Waals surface area (Å²) in [7, 11) is 0. The Kier molecular flexibility index (Phi) is 8.52. The molecular formula is C25H31FN2O2S. The molecule has 1 aliphatic heterocycles. The number of amides is 2. The number of halogens is 1. The fraction of sp³-hybridized carbons (Fsp3) is 0.440. The molecule has 0 aliphatic carbocycles. The highest BCUT2D eigenvalue weighted by Crippen LogP contribution is 2.42. The second-order valence-corrected chi connectivity index (χ2v) is 9.12. The van der Waals surface area contributed by atoms with Crippen LogP contribution in [-0.4, -0.2) is 17.6 Å². The van der Waals surface area contributed by atoms with E-state index in [1.165, 1.54) is 43.5 Å². The van der Waals surface area contributed by atoms with Crippen molar-refractivity contribution in [2.24, 2.45) is 0 Å². The highest BCUT2D eigenvalue weighted by molar-refractivity contribution is 8.00. The van der Waals surface area contributed by atoms with Crippen LogP contribution in [0.15, 0.2) is 42.5 Å². The van der Waals surface area contributed by atoms with E-state index in [4.69, 9.17) is 0 Å². The average molecular weight is 443 g/mol. The molecule has 0 spiro atoms. The van der Waals surface area contributed by atoms with Crippen molar-refractivity contribution in [3.05, 3.63) is 59.4 Å². The first kappa shape index (κ1) is 23.3. The summed E-state index contributed by atoms with van der Waals surface area (Å²) in [4.78, 5) is 26.3. The van der Waals surface area contributed by atoms with Crippen LogP contribution in [0, 0.1) is 12.7 Å². The van der Waals surface area contributed by atoms with Gasteiger partial charge in [-0.1, -0.05) is 57.2 Å².